The smallest absolute Gasteiger partial charge is 0.00381 e. The van der Waals surface area contributed by atoms with Crippen molar-refractivity contribution in [3.63, 3.8) is 0 Å². The Morgan fingerprint density at radius 1 is 1.46 bits per heavy atom. The van der Waals surface area contributed by atoms with Crippen molar-refractivity contribution < 1.29 is 0 Å². The highest BCUT2D eigenvalue weighted by molar-refractivity contribution is 4.97. The zero-order valence-electron chi connectivity index (χ0n) is 8.76. The number of nitrogens with two attached hydrogens (primary N) is 1. The summed E-state index contributed by atoms with van der Waals surface area (Å²) in [6.07, 6.45) is 7.00. The first kappa shape index (κ1) is 9.47. The summed E-state index contributed by atoms with van der Waals surface area (Å²) in [5, 5.41) is 0. The van der Waals surface area contributed by atoms with Crippen LogP contribution < -0.4 is 5.73 Å². The van der Waals surface area contributed by atoms with Crippen LogP contribution in [-0.2, 0) is 0 Å². The molecule has 1 heterocycles. The molecular formula is C11H22N2. The number of rotatable bonds is 3. The van der Waals surface area contributed by atoms with Crippen LogP contribution in [0.4, 0.5) is 0 Å². The number of piperidine rings is 1. The molecule has 1 aliphatic heterocycles. The summed E-state index contributed by atoms with van der Waals surface area (Å²) in [7, 11) is 2.26. The third kappa shape index (κ3) is 1.89. The Morgan fingerprint density at radius 3 is 2.77 bits per heavy atom. The maximum absolute atomic E-state index is 5.74. The lowest BCUT2D eigenvalue weighted by Gasteiger charge is -2.42. The number of likely N-dealkylation sites (tertiary alicyclic amines) is 1. The molecule has 2 nitrogen and oxygen atoms in total. The SMILES string of the molecule is CN1CCCC(CCN)(C2CC2)C1. The van der Waals surface area contributed by atoms with Crippen molar-refractivity contribution in [1.82, 2.24) is 4.90 Å². The minimum Gasteiger partial charge on any atom is -0.330 e. The fourth-order valence-corrected chi connectivity index (χ4v) is 3.12. The predicted molar refractivity (Wildman–Crippen MR) is 55.6 cm³/mol. The number of nitrogens with zero attached hydrogens (tertiary/aromatic N) is 1. The minimum atomic E-state index is 0.613. The molecule has 2 aliphatic rings. The molecule has 0 aromatic heterocycles. The monoisotopic (exact) mass is 182 g/mol. The van der Waals surface area contributed by atoms with Crippen molar-refractivity contribution in [2.75, 3.05) is 26.7 Å². The van der Waals surface area contributed by atoms with Crippen molar-refractivity contribution in [3.8, 4) is 0 Å². The van der Waals surface area contributed by atoms with Gasteiger partial charge in [-0.15, -0.1) is 0 Å². The lowest BCUT2D eigenvalue weighted by molar-refractivity contribution is 0.0791. The Morgan fingerprint density at radius 2 is 2.23 bits per heavy atom. The third-order valence-corrected chi connectivity index (χ3v) is 3.88. The molecule has 1 aliphatic carbocycles. The molecule has 2 heteroatoms. The van der Waals surface area contributed by atoms with Gasteiger partial charge in [0.1, 0.15) is 0 Å². The van der Waals surface area contributed by atoms with E-state index in [0.29, 0.717) is 5.41 Å². The van der Waals surface area contributed by atoms with Crippen molar-refractivity contribution in [1.29, 1.82) is 0 Å². The van der Waals surface area contributed by atoms with Crippen LogP contribution >= 0.6 is 0 Å². The standard InChI is InChI=1S/C11H22N2/c1-13-8-2-5-11(9-13,6-7-12)10-3-4-10/h10H,2-9,12H2,1H3. The van der Waals surface area contributed by atoms with Crippen LogP contribution in [0.15, 0.2) is 0 Å². The van der Waals surface area contributed by atoms with E-state index < -0.39 is 0 Å². The first-order chi connectivity index (χ1) is 6.27. The van der Waals surface area contributed by atoms with E-state index in [1.165, 1.54) is 45.2 Å². The van der Waals surface area contributed by atoms with Crippen LogP contribution in [0.5, 0.6) is 0 Å². The van der Waals surface area contributed by atoms with Crippen LogP contribution in [0.3, 0.4) is 0 Å². The maximum atomic E-state index is 5.74. The lowest BCUT2D eigenvalue weighted by atomic mass is 9.73. The van der Waals surface area contributed by atoms with E-state index >= 15 is 0 Å². The van der Waals surface area contributed by atoms with E-state index in [1.807, 2.05) is 0 Å². The first-order valence-electron chi connectivity index (χ1n) is 5.65. The van der Waals surface area contributed by atoms with Crippen molar-refractivity contribution in [2.24, 2.45) is 17.1 Å². The Bertz CT molecular complexity index is 173. The maximum Gasteiger partial charge on any atom is 0.00381 e. The van der Waals surface area contributed by atoms with Gasteiger partial charge >= 0.3 is 0 Å². The molecule has 0 spiro atoms. The van der Waals surface area contributed by atoms with Gasteiger partial charge in [0.25, 0.3) is 0 Å². The molecule has 0 aromatic rings. The Labute approximate surface area is 81.5 Å². The van der Waals surface area contributed by atoms with E-state index in [4.69, 9.17) is 5.73 Å². The summed E-state index contributed by atoms with van der Waals surface area (Å²) < 4.78 is 0. The lowest BCUT2D eigenvalue weighted by Crippen LogP contribution is -2.43. The first-order valence-corrected chi connectivity index (χ1v) is 5.65. The van der Waals surface area contributed by atoms with Gasteiger partial charge in [-0.1, -0.05) is 0 Å². The van der Waals surface area contributed by atoms with Crippen molar-refractivity contribution in [2.45, 2.75) is 32.1 Å². The van der Waals surface area contributed by atoms with Gasteiger partial charge in [0.15, 0.2) is 0 Å². The summed E-state index contributed by atoms with van der Waals surface area (Å²) in [5.74, 6) is 1.01. The summed E-state index contributed by atoms with van der Waals surface area (Å²) in [4.78, 5) is 2.50. The normalized spacial score (nSPS) is 36.5. The highest BCUT2D eigenvalue weighted by Gasteiger charge is 2.45. The van der Waals surface area contributed by atoms with Crippen LogP contribution in [0, 0.1) is 11.3 Å². The summed E-state index contributed by atoms with van der Waals surface area (Å²) in [6.45, 7) is 3.47. The van der Waals surface area contributed by atoms with E-state index in [9.17, 15) is 0 Å². The Kier molecular flexibility index (Phi) is 2.61. The molecule has 0 amide bonds. The van der Waals surface area contributed by atoms with Crippen LogP contribution in [0.25, 0.3) is 0 Å². The average molecular weight is 182 g/mol. The van der Waals surface area contributed by atoms with Gasteiger partial charge in [-0.25, -0.2) is 0 Å². The molecule has 2 fully saturated rings. The molecule has 1 unspecified atom stereocenters. The van der Waals surface area contributed by atoms with Gasteiger partial charge in [-0.05, 0) is 63.6 Å². The van der Waals surface area contributed by atoms with Gasteiger partial charge < -0.3 is 10.6 Å². The predicted octanol–water partition coefficient (Wildman–Crippen LogP) is 1.46. The van der Waals surface area contributed by atoms with E-state index in [2.05, 4.69) is 11.9 Å². The van der Waals surface area contributed by atoms with Crippen LogP contribution in [0.2, 0.25) is 0 Å². The molecule has 0 bridgehead atoms. The van der Waals surface area contributed by atoms with Crippen molar-refractivity contribution >= 4 is 0 Å². The molecule has 76 valence electrons. The largest absolute Gasteiger partial charge is 0.330 e. The number of hydrogen-bond acceptors (Lipinski definition) is 2. The zero-order valence-corrected chi connectivity index (χ0v) is 8.76. The molecule has 0 aromatic carbocycles. The average Bonchev–Trinajstić information content (AvgIpc) is 2.86. The second-order valence-electron chi connectivity index (χ2n) is 5.02. The van der Waals surface area contributed by atoms with Gasteiger partial charge in [0.05, 0.1) is 0 Å². The minimum absolute atomic E-state index is 0.613. The zero-order chi connectivity index (χ0) is 9.31. The molecule has 2 N–H and O–H groups in total. The topological polar surface area (TPSA) is 29.3 Å². The molecule has 2 rings (SSSR count). The van der Waals surface area contributed by atoms with Crippen LogP contribution in [-0.4, -0.2) is 31.6 Å². The van der Waals surface area contributed by atoms with E-state index in [0.717, 1.165) is 12.5 Å². The summed E-state index contributed by atoms with van der Waals surface area (Å²) >= 11 is 0. The van der Waals surface area contributed by atoms with Gasteiger partial charge in [0, 0.05) is 6.54 Å². The molecule has 1 saturated carbocycles. The summed E-state index contributed by atoms with van der Waals surface area (Å²) in [6, 6.07) is 0. The molecule has 13 heavy (non-hydrogen) atoms. The number of hydrogen-bond donors (Lipinski definition) is 1. The van der Waals surface area contributed by atoms with E-state index in [-0.39, 0.29) is 0 Å². The molecule has 1 atom stereocenters. The Hall–Kier alpha value is -0.0800. The van der Waals surface area contributed by atoms with Crippen LogP contribution in [0.1, 0.15) is 32.1 Å². The highest BCUT2D eigenvalue weighted by Crippen LogP contribution is 2.51. The molecule has 0 radical (unpaired) electrons. The second kappa shape index (κ2) is 3.58. The second-order valence-corrected chi connectivity index (χ2v) is 5.02. The quantitative estimate of drug-likeness (QED) is 0.716. The molecule has 1 saturated heterocycles. The van der Waals surface area contributed by atoms with E-state index in [1.54, 1.807) is 0 Å². The Balaban J connectivity index is 2.02. The van der Waals surface area contributed by atoms with Gasteiger partial charge in [-0.3, -0.25) is 0 Å². The van der Waals surface area contributed by atoms with Gasteiger partial charge in [-0.2, -0.15) is 0 Å². The van der Waals surface area contributed by atoms with Gasteiger partial charge in [0.2, 0.25) is 0 Å². The fourth-order valence-electron chi connectivity index (χ4n) is 3.12. The van der Waals surface area contributed by atoms with Crippen molar-refractivity contribution in [3.05, 3.63) is 0 Å². The fraction of sp³-hybridized carbons (Fsp3) is 1.00. The summed E-state index contributed by atoms with van der Waals surface area (Å²) in [5.41, 5.74) is 6.35. The highest BCUT2D eigenvalue weighted by atomic mass is 15.1. The molecular weight excluding hydrogens is 160 g/mol. The third-order valence-electron chi connectivity index (χ3n) is 3.88.